The zero-order valence-corrected chi connectivity index (χ0v) is 14.3. The minimum absolute atomic E-state index is 0.0129. The highest BCUT2D eigenvalue weighted by Gasteiger charge is 2.29. The van der Waals surface area contributed by atoms with Crippen LogP contribution >= 0.6 is 0 Å². The number of nitrogens with zero attached hydrogens (tertiary/aromatic N) is 2. The molecular formula is C20H21N3O2. The highest BCUT2D eigenvalue weighted by Crippen LogP contribution is 2.39. The van der Waals surface area contributed by atoms with Crippen molar-refractivity contribution >= 4 is 17.4 Å². The minimum Gasteiger partial charge on any atom is -0.324 e. The highest BCUT2D eigenvalue weighted by atomic mass is 16.2. The van der Waals surface area contributed by atoms with Gasteiger partial charge in [-0.3, -0.25) is 14.5 Å². The van der Waals surface area contributed by atoms with Crippen molar-refractivity contribution in [3.63, 3.8) is 0 Å². The summed E-state index contributed by atoms with van der Waals surface area (Å²) in [6.07, 6.45) is 0. The van der Waals surface area contributed by atoms with E-state index in [1.54, 1.807) is 0 Å². The predicted molar refractivity (Wildman–Crippen MR) is 97.9 cm³/mol. The molecule has 0 aromatic heterocycles. The fraction of sp³-hybridized carbons (Fsp3) is 0.300. The Morgan fingerprint density at radius 1 is 0.960 bits per heavy atom. The van der Waals surface area contributed by atoms with E-state index in [9.17, 15) is 9.59 Å². The van der Waals surface area contributed by atoms with Gasteiger partial charge in [-0.15, -0.1) is 0 Å². The highest BCUT2D eigenvalue weighted by molar-refractivity contribution is 6.25. The lowest BCUT2D eigenvalue weighted by Gasteiger charge is -2.31. The summed E-state index contributed by atoms with van der Waals surface area (Å²) in [5.74, 6) is -0.0807. The van der Waals surface area contributed by atoms with Crippen LogP contribution in [-0.4, -0.2) is 61.3 Å². The van der Waals surface area contributed by atoms with E-state index in [2.05, 4.69) is 22.2 Å². The number of anilines is 1. The summed E-state index contributed by atoms with van der Waals surface area (Å²) in [4.78, 5) is 29.6. The van der Waals surface area contributed by atoms with Crippen LogP contribution < -0.4 is 5.32 Å². The summed E-state index contributed by atoms with van der Waals surface area (Å²) in [6.45, 7) is 4.09. The van der Waals surface area contributed by atoms with Crippen molar-refractivity contribution in [1.29, 1.82) is 0 Å². The molecule has 1 N–H and O–H groups in total. The maximum absolute atomic E-state index is 12.7. The third-order valence-corrected chi connectivity index (χ3v) is 4.99. The van der Waals surface area contributed by atoms with Crippen LogP contribution in [0.5, 0.6) is 0 Å². The van der Waals surface area contributed by atoms with Crippen molar-refractivity contribution in [2.75, 3.05) is 45.1 Å². The maximum Gasteiger partial charge on any atom is 0.238 e. The van der Waals surface area contributed by atoms with Gasteiger partial charge in [-0.05, 0) is 24.2 Å². The lowest BCUT2D eigenvalue weighted by atomic mass is 10.0. The molecule has 1 aliphatic heterocycles. The van der Waals surface area contributed by atoms with Gasteiger partial charge in [-0.2, -0.15) is 0 Å². The lowest BCUT2D eigenvalue weighted by molar-refractivity contribution is -0.117. The molecule has 2 aromatic carbocycles. The molecule has 1 amide bonds. The number of carbonyl (C=O) groups excluding carboxylic acids is 2. The first-order valence-electron chi connectivity index (χ1n) is 8.61. The van der Waals surface area contributed by atoms with Crippen LogP contribution in [0.15, 0.2) is 42.5 Å². The molecule has 2 aromatic rings. The summed E-state index contributed by atoms with van der Waals surface area (Å²) in [5, 5.41) is 2.95. The van der Waals surface area contributed by atoms with E-state index in [0.29, 0.717) is 23.4 Å². The zero-order valence-electron chi connectivity index (χ0n) is 14.3. The second-order valence-electron chi connectivity index (χ2n) is 6.73. The summed E-state index contributed by atoms with van der Waals surface area (Å²) in [6, 6.07) is 13.2. The van der Waals surface area contributed by atoms with Crippen LogP contribution in [0, 0.1) is 0 Å². The van der Waals surface area contributed by atoms with E-state index in [1.165, 1.54) is 0 Å². The number of likely N-dealkylation sites (N-methyl/N-ethyl adjacent to an activating group) is 1. The van der Waals surface area contributed by atoms with Gasteiger partial charge in [-0.1, -0.05) is 36.4 Å². The summed E-state index contributed by atoms with van der Waals surface area (Å²) < 4.78 is 0. The van der Waals surface area contributed by atoms with Crippen molar-refractivity contribution in [2.24, 2.45) is 0 Å². The van der Waals surface area contributed by atoms with Gasteiger partial charge in [0.1, 0.15) is 0 Å². The molecule has 0 unspecified atom stereocenters. The van der Waals surface area contributed by atoms with Crippen LogP contribution in [0.25, 0.3) is 11.1 Å². The fourth-order valence-electron chi connectivity index (χ4n) is 3.58. The molecule has 4 rings (SSSR count). The van der Waals surface area contributed by atoms with Crippen molar-refractivity contribution in [3.05, 3.63) is 53.6 Å². The molecule has 2 aliphatic rings. The second-order valence-corrected chi connectivity index (χ2v) is 6.73. The molecule has 1 saturated heterocycles. The Balaban J connectivity index is 1.53. The number of benzene rings is 2. The van der Waals surface area contributed by atoms with Gasteiger partial charge in [0.25, 0.3) is 0 Å². The van der Waals surface area contributed by atoms with Crippen molar-refractivity contribution < 1.29 is 9.59 Å². The molecule has 0 bridgehead atoms. The van der Waals surface area contributed by atoms with Crippen LogP contribution in [-0.2, 0) is 4.79 Å². The first-order chi connectivity index (χ1) is 12.1. The number of rotatable bonds is 3. The van der Waals surface area contributed by atoms with Crippen LogP contribution in [0.4, 0.5) is 5.69 Å². The molecule has 0 atom stereocenters. The third-order valence-electron chi connectivity index (χ3n) is 4.99. The fourth-order valence-corrected chi connectivity index (χ4v) is 3.58. The van der Waals surface area contributed by atoms with Gasteiger partial charge in [0.05, 0.1) is 17.8 Å². The first kappa shape index (κ1) is 16.0. The van der Waals surface area contributed by atoms with Crippen LogP contribution in [0.2, 0.25) is 0 Å². The Hall–Kier alpha value is -2.50. The van der Waals surface area contributed by atoms with Gasteiger partial charge in [-0.25, -0.2) is 0 Å². The summed E-state index contributed by atoms with van der Waals surface area (Å²) >= 11 is 0. The normalized spacial score (nSPS) is 17.2. The first-order valence-corrected chi connectivity index (χ1v) is 8.61. The number of fused-ring (bicyclic) bond motifs is 3. The molecule has 1 fully saturated rings. The monoisotopic (exact) mass is 335 g/mol. The number of amides is 1. The molecule has 0 spiro atoms. The number of carbonyl (C=O) groups is 2. The average molecular weight is 335 g/mol. The molecular weight excluding hydrogens is 314 g/mol. The van der Waals surface area contributed by atoms with Gasteiger partial charge >= 0.3 is 0 Å². The second kappa shape index (κ2) is 6.43. The predicted octanol–water partition coefficient (Wildman–Crippen LogP) is 2.08. The molecule has 0 saturated carbocycles. The Kier molecular flexibility index (Phi) is 4.11. The minimum atomic E-state index is -0.0679. The van der Waals surface area contributed by atoms with E-state index in [1.807, 2.05) is 42.5 Å². The summed E-state index contributed by atoms with van der Waals surface area (Å²) in [5.41, 5.74) is 3.77. The standard InChI is InChI=1S/C20H21N3O2/c1-22-9-11-23(12-10-22)13-18(24)21-17-8-4-7-15-14-5-2-3-6-16(14)20(25)19(15)17/h2-8H,9-13H2,1H3,(H,21,24). The smallest absolute Gasteiger partial charge is 0.238 e. The zero-order chi connectivity index (χ0) is 17.4. The van der Waals surface area contributed by atoms with Crippen LogP contribution in [0.1, 0.15) is 15.9 Å². The largest absolute Gasteiger partial charge is 0.324 e. The molecule has 0 radical (unpaired) electrons. The molecule has 5 heteroatoms. The van der Waals surface area contributed by atoms with Gasteiger partial charge < -0.3 is 10.2 Å². The number of nitrogens with one attached hydrogen (secondary N) is 1. The topological polar surface area (TPSA) is 52.6 Å². The van der Waals surface area contributed by atoms with Gasteiger partial charge in [0.2, 0.25) is 5.91 Å². The number of ketones is 1. The molecule has 5 nitrogen and oxygen atoms in total. The Morgan fingerprint density at radius 3 is 2.40 bits per heavy atom. The van der Waals surface area contributed by atoms with Crippen LogP contribution in [0.3, 0.4) is 0 Å². The Morgan fingerprint density at radius 2 is 1.64 bits per heavy atom. The Bertz CT molecular complexity index is 839. The van der Waals surface area contributed by atoms with Crippen molar-refractivity contribution in [1.82, 2.24) is 9.80 Å². The quantitative estimate of drug-likeness (QED) is 0.796. The van der Waals surface area contributed by atoms with E-state index >= 15 is 0 Å². The van der Waals surface area contributed by atoms with Gasteiger partial charge in [0.15, 0.2) is 5.78 Å². The molecule has 25 heavy (non-hydrogen) atoms. The number of piperazine rings is 1. The van der Waals surface area contributed by atoms with Crippen molar-refractivity contribution in [3.8, 4) is 11.1 Å². The molecule has 1 aliphatic carbocycles. The van der Waals surface area contributed by atoms with E-state index in [-0.39, 0.29) is 11.7 Å². The van der Waals surface area contributed by atoms with E-state index in [0.717, 1.165) is 37.3 Å². The van der Waals surface area contributed by atoms with E-state index in [4.69, 9.17) is 0 Å². The van der Waals surface area contributed by atoms with E-state index < -0.39 is 0 Å². The van der Waals surface area contributed by atoms with Crippen molar-refractivity contribution in [2.45, 2.75) is 0 Å². The van der Waals surface area contributed by atoms with Gasteiger partial charge in [0, 0.05) is 31.7 Å². The molecule has 1 heterocycles. The SMILES string of the molecule is CN1CCN(CC(=O)Nc2cccc3c2C(=O)c2ccccc2-3)CC1. The molecule has 128 valence electrons. The summed E-state index contributed by atoms with van der Waals surface area (Å²) in [7, 11) is 2.09. The number of hydrogen-bond donors (Lipinski definition) is 1. The Labute approximate surface area is 147 Å². The maximum atomic E-state index is 12.7. The number of hydrogen-bond acceptors (Lipinski definition) is 4. The average Bonchev–Trinajstić information content (AvgIpc) is 2.91. The lowest BCUT2D eigenvalue weighted by Crippen LogP contribution is -2.47. The third kappa shape index (κ3) is 2.97.